The largest absolute Gasteiger partial charge is 0.378 e. The molecular weight excluding hydrogens is 372 g/mol. The monoisotopic (exact) mass is 394 g/mol. The zero-order valence-electron chi connectivity index (χ0n) is 15.1. The van der Waals surface area contributed by atoms with Crippen molar-refractivity contribution in [1.82, 2.24) is 5.32 Å². The van der Waals surface area contributed by atoms with Gasteiger partial charge in [0.2, 0.25) is 5.91 Å². The fourth-order valence-corrected chi connectivity index (χ4v) is 4.30. The van der Waals surface area contributed by atoms with Gasteiger partial charge in [-0.3, -0.25) is 4.79 Å². The van der Waals surface area contributed by atoms with Crippen LogP contribution in [0.4, 0.5) is 5.69 Å². The molecule has 0 aliphatic heterocycles. The number of aryl methyl sites for hydroxylation is 1. The number of nitrogens with zero attached hydrogens (tertiary/aromatic N) is 1. The van der Waals surface area contributed by atoms with Gasteiger partial charge in [0.05, 0.1) is 4.90 Å². The van der Waals surface area contributed by atoms with Gasteiger partial charge in [-0.1, -0.05) is 29.8 Å². The third kappa shape index (κ3) is 4.77. The molecule has 2 rings (SSSR count). The van der Waals surface area contributed by atoms with Crippen LogP contribution in [0.5, 0.6) is 0 Å². The first kappa shape index (κ1) is 20.3. The molecule has 1 amide bonds. The summed E-state index contributed by atoms with van der Waals surface area (Å²) in [7, 11) is 0.147. The second kappa shape index (κ2) is 8.56. The van der Waals surface area contributed by atoms with Crippen LogP contribution in [-0.2, 0) is 14.6 Å². The van der Waals surface area contributed by atoms with Crippen molar-refractivity contribution in [1.29, 1.82) is 0 Å². The second-order valence-corrected chi connectivity index (χ2v) is 8.67. The van der Waals surface area contributed by atoms with E-state index in [1.807, 2.05) is 38.1 Å². The van der Waals surface area contributed by atoms with Crippen LogP contribution in [-0.4, -0.2) is 40.8 Å². The number of halogens is 1. The van der Waals surface area contributed by atoms with Crippen molar-refractivity contribution in [2.45, 2.75) is 17.1 Å². The Morgan fingerprint density at radius 3 is 2.15 bits per heavy atom. The molecule has 0 saturated heterocycles. The lowest BCUT2D eigenvalue weighted by Gasteiger charge is -2.20. The molecular formula is C19H23ClN2O3S. The molecule has 140 valence electrons. The van der Waals surface area contributed by atoms with Crippen LogP contribution in [0.25, 0.3) is 0 Å². The zero-order valence-corrected chi connectivity index (χ0v) is 16.6. The van der Waals surface area contributed by atoms with Crippen LogP contribution >= 0.6 is 11.6 Å². The summed E-state index contributed by atoms with van der Waals surface area (Å²) in [6, 6.07) is 14.0. The van der Waals surface area contributed by atoms with E-state index in [1.54, 1.807) is 36.4 Å². The predicted molar refractivity (Wildman–Crippen MR) is 106 cm³/mol. The van der Waals surface area contributed by atoms with E-state index in [0.717, 1.165) is 11.3 Å². The highest BCUT2D eigenvalue weighted by atomic mass is 35.5. The smallest absolute Gasteiger partial charge is 0.234 e. The maximum absolute atomic E-state index is 13.2. The van der Waals surface area contributed by atoms with E-state index in [1.165, 1.54) is 0 Å². The van der Waals surface area contributed by atoms with Gasteiger partial charge in [-0.05, 0) is 36.8 Å². The Morgan fingerprint density at radius 2 is 1.65 bits per heavy atom. The summed E-state index contributed by atoms with van der Waals surface area (Å²) in [6.45, 7) is 1.86. The molecule has 2 aromatic carbocycles. The molecule has 0 saturated carbocycles. The molecule has 1 atom stereocenters. The molecule has 0 aliphatic rings. The molecule has 0 bridgehead atoms. The first-order valence-electron chi connectivity index (χ1n) is 8.16. The normalized spacial score (nSPS) is 12.5. The maximum atomic E-state index is 13.2. The van der Waals surface area contributed by atoms with Crippen molar-refractivity contribution in [2.75, 3.05) is 31.4 Å². The van der Waals surface area contributed by atoms with Crippen molar-refractivity contribution in [2.24, 2.45) is 0 Å². The van der Waals surface area contributed by atoms with Gasteiger partial charge in [0, 0.05) is 26.3 Å². The van der Waals surface area contributed by atoms with Gasteiger partial charge in [0.25, 0.3) is 0 Å². The van der Waals surface area contributed by atoms with Gasteiger partial charge in [-0.15, -0.1) is 11.6 Å². The molecule has 0 heterocycles. The average Bonchev–Trinajstić information content (AvgIpc) is 2.62. The SMILES string of the molecule is Cc1ccc(S(=O)(=O)[C@@H](CNC(=O)CCl)c2ccc(N(C)C)cc2)cc1. The molecule has 0 unspecified atom stereocenters. The topological polar surface area (TPSA) is 66.5 Å². The summed E-state index contributed by atoms with van der Waals surface area (Å²) >= 11 is 5.52. The molecule has 7 heteroatoms. The van der Waals surface area contributed by atoms with Crippen LogP contribution < -0.4 is 10.2 Å². The highest BCUT2D eigenvalue weighted by Crippen LogP contribution is 2.30. The molecule has 2 aromatic rings. The third-order valence-corrected chi connectivity index (χ3v) is 6.47. The average molecular weight is 395 g/mol. The fourth-order valence-electron chi connectivity index (χ4n) is 2.54. The minimum absolute atomic E-state index is 0.0386. The Hall–Kier alpha value is -2.05. The Morgan fingerprint density at radius 1 is 1.08 bits per heavy atom. The van der Waals surface area contributed by atoms with Crippen molar-refractivity contribution in [3.63, 3.8) is 0 Å². The number of rotatable bonds is 7. The molecule has 0 aromatic heterocycles. The van der Waals surface area contributed by atoms with Gasteiger partial charge >= 0.3 is 0 Å². The van der Waals surface area contributed by atoms with Crippen LogP contribution in [0.15, 0.2) is 53.4 Å². The highest BCUT2D eigenvalue weighted by Gasteiger charge is 2.29. The van der Waals surface area contributed by atoms with Gasteiger partial charge in [0.15, 0.2) is 9.84 Å². The first-order chi connectivity index (χ1) is 12.3. The van der Waals surface area contributed by atoms with Crippen LogP contribution in [0, 0.1) is 6.92 Å². The minimum atomic E-state index is -3.68. The van der Waals surface area contributed by atoms with Crippen molar-refractivity contribution in [3.8, 4) is 0 Å². The number of hydrogen-bond donors (Lipinski definition) is 1. The number of benzene rings is 2. The van der Waals surface area contributed by atoms with E-state index in [-0.39, 0.29) is 17.3 Å². The molecule has 0 fully saturated rings. The number of anilines is 1. The van der Waals surface area contributed by atoms with E-state index in [4.69, 9.17) is 11.6 Å². The number of carbonyl (C=O) groups is 1. The van der Waals surface area contributed by atoms with Gasteiger partial charge < -0.3 is 10.2 Å². The summed E-state index contributed by atoms with van der Waals surface area (Å²) in [5.41, 5.74) is 2.56. The Labute approximate surface area is 159 Å². The predicted octanol–water partition coefficient (Wildman–Crippen LogP) is 2.93. The number of hydrogen-bond acceptors (Lipinski definition) is 4. The summed E-state index contributed by atoms with van der Waals surface area (Å²) in [5.74, 6) is -0.614. The van der Waals surface area contributed by atoms with Gasteiger partial charge in [-0.25, -0.2) is 8.42 Å². The second-order valence-electron chi connectivity index (χ2n) is 6.27. The maximum Gasteiger partial charge on any atom is 0.234 e. The van der Waals surface area contributed by atoms with E-state index in [2.05, 4.69) is 5.32 Å². The summed E-state index contributed by atoms with van der Waals surface area (Å²) in [4.78, 5) is 13.7. The Kier molecular flexibility index (Phi) is 6.67. The molecule has 1 N–H and O–H groups in total. The Bertz CT molecular complexity index is 847. The molecule has 0 radical (unpaired) electrons. The van der Waals surface area contributed by atoms with Gasteiger partial charge in [-0.2, -0.15) is 0 Å². The molecule has 26 heavy (non-hydrogen) atoms. The Balaban J connectivity index is 2.42. The quantitative estimate of drug-likeness (QED) is 0.733. The molecule has 0 spiro atoms. The lowest BCUT2D eigenvalue weighted by Crippen LogP contribution is -2.32. The number of carbonyl (C=O) groups excluding carboxylic acids is 1. The number of amides is 1. The highest BCUT2D eigenvalue weighted by molar-refractivity contribution is 7.91. The summed E-state index contributed by atoms with van der Waals surface area (Å²) in [6.07, 6.45) is 0. The van der Waals surface area contributed by atoms with Crippen molar-refractivity contribution >= 4 is 33.0 Å². The molecule has 5 nitrogen and oxygen atoms in total. The minimum Gasteiger partial charge on any atom is -0.378 e. The van der Waals surface area contributed by atoms with Crippen LogP contribution in [0.2, 0.25) is 0 Å². The number of nitrogens with one attached hydrogen (secondary N) is 1. The summed E-state index contributed by atoms with van der Waals surface area (Å²) < 4.78 is 26.3. The lowest BCUT2D eigenvalue weighted by molar-refractivity contribution is -0.118. The lowest BCUT2D eigenvalue weighted by atomic mass is 10.1. The molecule has 0 aliphatic carbocycles. The fraction of sp³-hybridized carbons (Fsp3) is 0.316. The third-order valence-electron chi connectivity index (χ3n) is 4.11. The van der Waals surface area contributed by atoms with Gasteiger partial charge in [0.1, 0.15) is 11.1 Å². The number of alkyl halides is 1. The van der Waals surface area contributed by atoms with Crippen molar-refractivity contribution in [3.05, 3.63) is 59.7 Å². The zero-order chi connectivity index (χ0) is 19.3. The van der Waals surface area contributed by atoms with E-state index >= 15 is 0 Å². The van der Waals surface area contributed by atoms with E-state index in [0.29, 0.717) is 5.56 Å². The van der Waals surface area contributed by atoms with Crippen molar-refractivity contribution < 1.29 is 13.2 Å². The number of sulfone groups is 1. The summed E-state index contributed by atoms with van der Waals surface area (Å²) in [5, 5.41) is 1.70. The van der Waals surface area contributed by atoms with Crippen LogP contribution in [0.3, 0.4) is 0 Å². The first-order valence-corrected chi connectivity index (χ1v) is 10.2. The standard InChI is InChI=1S/C19H23ClN2O3S/c1-14-4-10-17(11-5-14)26(24,25)18(13-21-19(23)12-20)15-6-8-16(9-7-15)22(2)3/h4-11,18H,12-13H2,1-3H3,(H,21,23)/t18-/m0/s1. The van der Waals surface area contributed by atoms with Crippen LogP contribution in [0.1, 0.15) is 16.4 Å². The van der Waals surface area contributed by atoms with E-state index < -0.39 is 21.0 Å². The van der Waals surface area contributed by atoms with E-state index in [9.17, 15) is 13.2 Å².